The number of hydrogen-bond acceptors (Lipinski definition) is 3. The van der Waals surface area contributed by atoms with Gasteiger partial charge in [0, 0.05) is 23.5 Å². The van der Waals surface area contributed by atoms with E-state index < -0.39 is 17.8 Å². The summed E-state index contributed by atoms with van der Waals surface area (Å²) in [6, 6.07) is 3.17. The predicted molar refractivity (Wildman–Crippen MR) is 75.8 cm³/mol. The molecule has 0 saturated carbocycles. The van der Waals surface area contributed by atoms with Crippen LogP contribution in [0.25, 0.3) is 11.1 Å². The zero-order chi connectivity index (χ0) is 16.9. The number of nitrogens with zero attached hydrogens (tertiary/aromatic N) is 2. The Labute approximate surface area is 129 Å². The van der Waals surface area contributed by atoms with Crippen molar-refractivity contribution in [3.8, 4) is 11.1 Å². The molecule has 0 aliphatic rings. The fraction of sp³-hybridized carbons (Fsp3) is 0.214. The minimum atomic E-state index is -4.55. The zero-order valence-corrected chi connectivity index (χ0v) is 12.4. The molecule has 0 spiro atoms. The number of halogens is 4. The van der Waals surface area contributed by atoms with Crippen LogP contribution < -0.4 is 0 Å². The third-order valence-corrected chi connectivity index (χ3v) is 2.67. The van der Waals surface area contributed by atoms with Crippen molar-refractivity contribution >= 4 is 17.6 Å². The van der Waals surface area contributed by atoms with Gasteiger partial charge in [0.2, 0.25) is 0 Å². The normalized spacial score (nSPS) is 10.6. The first-order valence-corrected chi connectivity index (χ1v) is 6.59. The van der Waals surface area contributed by atoms with Crippen molar-refractivity contribution < 1.29 is 23.1 Å². The SMILES string of the molecule is CC.O=C(O)c1cnc(Cl)cc1-c1ccc(C(F)(F)F)nc1. The standard InChI is InChI=1S/C12H6ClF3N2O2.C2H6/c13-10-3-7(8(5-18-10)11(19)20)6-1-2-9(17-4-6)12(14,15)16;1-2/h1-5H,(H,19,20);1-2H3. The summed E-state index contributed by atoms with van der Waals surface area (Å²) in [5.74, 6) is -1.26. The maximum atomic E-state index is 12.4. The smallest absolute Gasteiger partial charge is 0.433 e. The highest BCUT2D eigenvalue weighted by Gasteiger charge is 2.32. The van der Waals surface area contributed by atoms with Gasteiger partial charge in [-0.1, -0.05) is 31.5 Å². The summed E-state index contributed by atoms with van der Waals surface area (Å²) in [5, 5.41) is 9.05. The number of aromatic carboxylic acids is 1. The number of hydrogen-bond donors (Lipinski definition) is 1. The quantitative estimate of drug-likeness (QED) is 0.820. The molecule has 2 heterocycles. The number of alkyl halides is 3. The van der Waals surface area contributed by atoms with Crippen LogP contribution in [-0.2, 0) is 6.18 Å². The van der Waals surface area contributed by atoms with Gasteiger partial charge in [-0.2, -0.15) is 13.2 Å². The summed E-state index contributed by atoms with van der Waals surface area (Å²) in [6.45, 7) is 4.00. The lowest BCUT2D eigenvalue weighted by molar-refractivity contribution is -0.141. The summed E-state index contributed by atoms with van der Waals surface area (Å²) in [7, 11) is 0. The molecule has 0 aliphatic carbocycles. The second kappa shape index (κ2) is 7.22. The summed E-state index contributed by atoms with van der Waals surface area (Å²) in [6.07, 6.45) is -2.57. The van der Waals surface area contributed by atoms with Gasteiger partial charge in [0.05, 0.1) is 5.56 Å². The van der Waals surface area contributed by atoms with Gasteiger partial charge in [0.15, 0.2) is 0 Å². The van der Waals surface area contributed by atoms with Gasteiger partial charge in [-0.25, -0.2) is 9.78 Å². The molecule has 22 heavy (non-hydrogen) atoms. The average molecular weight is 333 g/mol. The Morgan fingerprint density at radius 3 is 2.27 bits per heavy atom. The molecule has 0 amide bonds. The van der Waals surface area contributed by atoms with Crippen molar-refractivity contribution in [1.29, 1.82) is 0 Å². The maximum absolute atomic E-state index is 12.4. The first-order chi connectivity index (χ1) is 10.3. The van der Waals surface area contributed by atoms with Gasteiger partial charge in [0.1, 0.15) is 10.8 Å². The fourth-order valence-electron chi connectivity index (χ4n) is 1.56. The van der Waals surface area contributed by atoms with Crippen LogP contribution in [0.2, 0.25) is 5.15 Å². The number of aromatic nitrogens is 2. The largest absolute Gasteiger partial charge is 0.478 e. The second-order valence-corrected chi connectivity index (χ2v) is 4.17. The van der Waals surface area contributed by atoms with Crippen molar-refractivity contribution in [2.24, 2.45) is 0 Å². The molecule has 1 N–H and O–H groups in total. The molecular formula is C14H12ClF3N2O2. The molecule has 0 aromatic carbocycles. The molecule has 0 bridgehead atoms. The topological polar surface area (TPSA) is 63.1 Å². The molecule has 0 saturated heterocycles. The van der Waals surface area contributed by atoms with E-state index in [0.717, 1.165) is 24.5 Å². The van der Waals surface area contributed by atoms with E-state index in [1.165, 1.54) is 6.07 Å². The van der Waals surface area contributed by atoms with Crippen LogP contribution in [-0.4, -0.2) is 21.0 Å². The van der Waals surface area contributed by atoms with E-state index in [1.807, 2.05) is 13.8 Å². The first-order valence-electron chi connectivity index (χ1n) is 6.21. The number of pyridine rings is 2. The number of carboxylic acid groups (broad SMARTS) is 1. The van der Waals surface area contributed by atoms with Crippen LogP contribution in [0.15, 0.2) is 30.6 Å². The fourth-order valence-corrected chi connectivity index (χ4v) is 1.72. The van der Waals surface area contributed by atoms with Crippen molar-refractivity contribution in [2.75, 3.05) is 0 Å². The van der Waals surface area contributed by atoms with E-state index in [4.69, 9.17) is 16.7 Å². The van der Waals surface area contributed by atoms with Gasteiger partial charge >= 0.3 is 12.1 Å². The van der Waals surface area contributed by atoms with Crippen LogP contribution in [0.5, 0.6) is 0 Å². The highest BCUT2D eigenvalue weighted by Crippen LogP contribution is 2.30. The predicted octanol–water partition coefficient (Wildman–Crippen LogP) is 4.54. The second-order valence-electron chi connectivity index (χ2n) is 3.79. The van der Waals surface area contributed by atoms with Gasteiger partial charge in [-0.15, -0.1) is 0 Å². The van der Waals surface area contributed by atoms with E-state index in [9.17, 15) is 18.0 Å². The molecule has 0 fully saturated rings. The summed E-state index contributed by atoms with van der Waals surface area (Å²) < 4.78 is 37.2. The molecule has 2 aromatic heterocycles. The maximum Gasteiger partial charge on any atom is 0.433 e. The summed E-state index contributed by atoms with van der Waals surface area (Å²) in [5.41, 5.74) is -0.868. The van der Waals surface area contributed by atoms with Crippen LogP contribution in [0.4, 0.5) is 13.2 Å². The number of carboxylic acids is 1. The average Bonchev–Trinajstić information content (AvgIpc) is 2.48. The van der Waals surface area contributed by atoms with Crippen molar-refractivity contribution in [3.05, 3.63) is 47.0 Å². The van der Waals surface area contributed by atoms with Crippen molar-refractivity contribution in [1.82, 2.24) is 9.97 Å². The monoisotopic (exact) mass is 332 g/mol. The van der Waals surface area contributed by atoms with E-state index in [1.54, 1.807) is 0 Å². The third-order valence-electron chi connectivity index (χ3n) is 2.47. The van der Waals surface area contributed by atoms with Crippen LogP contribution >= 0.6 is 11.6 Å². The minimum absolute atomic E-state index is 0.0323. The van der Waals surface area contributed by atoms with E-state index >= 15 is 0 Å². The van der Waals surface area contributed by atoms with Crippen LogP contribution in [0, 0.1) is 0 Å². The van der Waals surface area contributed by atoms with Gasteiger partial charge in [0.25, 0.3) is 0 Å². The molecule has 8 heteroatoms. The Morgan fingerprint density at radius 2 is 1.82 bits per heavy atom. The lowest BCUT2D eigenvalue weighted by atomic mass is 10.0. The Kier molecular flexibility index (Phi) is 5.87. The van der Waals surface area contributed by atoms with Crippen LogP contribution in [0.3, 0.4) is 0 Å². The minimum Gasteiger partial charge on any atom is -0.478 e. The van der Waals surface area contributed by atoms with E-state index in [2.05, 4.69) is 9.97 Å². The van der Waals surface area contributed by atoms with Crippen molar-refractivity contribution in [2.45, 2.75) is 20.0 Å². The van der Waals surface area contributed by atoms with Gasteiger partial charge in [-0.05, 0) is 12.1 Å². The Balaban J connectivity index is 0.00000116. The molecule has 118 valence electrons. The molecule has 0 atom stereocenters. The molecule has 2 aromatic rings. The number of carbonyl (C=O) groups is 1. The molecule has 0 aliphatic heterocycles. The highest BCUT2D eigenvalue weighted by atomic mass is 35.5. The Morgan fingerprint density at radius 1 is 1.18 bits per heavy atom. The number of rotatable bonds is 2. The Hall–Kier alpha value is -2.15. The molecule has 4 nitrogen and oxygen atoms in total. The molecule has 2 rings (SSSR count). The van der Waals surface area contributed by atoms with Crippen LogP contribution in [0.1, 0.15) is 29.9 Å². The lowest BCUT2D eigenvalue weighted by Gasteiger charge is -2.08. The van der Waals surface area contributed by atoms with Gasteiger partial charge < -0.3 is 5.11 Å². The summed E-state index contributed by atoms with van der Waals surface area (Å²) in [4.78, 5) is 18.0. The van der Waals surface area contributed by atoms with Gasteiger partial charge in [-0.3, -0.25) is 4.98 Å². The lowest BCUT2D eigenvalue weighted by Crippen LogP contribution is -2.07. The summed E-state index contributed by atoms with van der Waals surface area (Å²) >= 11 is 5.67. The zero-order valence-electron chi connectivity index (χ0n) is 11.6. The first kappa shape index (κ1) is 17.9. The molecular weight excluding hydrogens is 321 g/mol. The highest BCUT2D eigenvalue weighted by molar-refractivity contribution is 6.29. The van der Waals surface area contributed by atoms with Crippen molar-refractivity contribution in [3.63, 3.8) is 0 Å². The van der Waals surface area contributed by atoms with E-state index in [-0.39, 0.29) is 21.8 Å². The Bertz CT molecular complexity index is 658. The molecule has 0 unspecified atom stereocenters. The third kappa shape index (κ3) is 4.17. The van der Waals surface area contributed by atoms with E-state index in [0.29, 0.717) is 0 Å². The molecule has 0 radical (unpaired) electrons.